The number of amides is 1. The van der Waals surface area contributed by atoms with Gasteiger partial charge in [0.05, 0.1) is 12.1 Å². The lowest BCUT2D eigenvalue weighted by molar-refractivity contribution is -0.117. The molecule has 3 aromatic rings. The Morgan fingerprint density at radius 3 is 2.58 bits per heavy atom. The minimum atomic E-state index is -0.444. The Hall–Kier alpha value is -3.02. The van der Waals surface area contributed by atoms with Crippen LogP contribution in [0.3, 0.4) is 0 Å². The highest BCUT2D eigenvalue weighted by Gasteiger charge is 2.14. The zero-order valence-electron chi connectivity index (χ0n) is 13.7. The van der Waals surface area contributed by atoms with Gasteiger partial charge in [-0.3, -0.25) is 9.78 Å². The molecule has 122 valence electrons. The van der Waals surface area contributed by atoms with Crippen molar-refractivity contribution in [1.82, 2.24) is 19.7 Å². The van der Waals surface area contributed by atoms with E-state index in [1.807, 2.05) is 38.1 Å². The highest BCUT2D eigenvalue weighted by Crippen LogP contribution is 2.17. The fourth-order valence-electron chi connectivity index (χ4n) is 2.70. The number of carbonyl (C=O) groups is 1. The van der Waals surface area contributed by atoms with Crippen molar-refractivity contribution in [2.75, 3.05) is 0 Å². The lowest BCUT2D eigenvalue weighted by atomic mass is 10.1. The SMILES string of the molecule is Cc1cc(C)cc(-n2nc(CC(N)=O)nc2Cc2cccnc2)c1. The second-order valence-electron chi connectivity index (χ2n) is 5.88. The van der Waals surface area contributed by atoms with Gasteiger partial charge in [-0.25, -0.2) is 9.67 Å². The highest BCUT2D eigenvalue weighted by molar-refractivity contribution is 5.75. The molecule has 6 heteroatoms. The summed E-state index contributed by atoms with van der Waals surface area (Å²) in [5, 5.41) is 4.48. The van der Waals surface area contributed by atoms with Gasteiger partial charge in [0.2, 0.25) is 5.91 Å². The van der Waals surface area contributed by atoms with Gasteiger partial charge in [-0.15, -0.1) is 0 Å². The first-order valence-electron chi connectivity index (χ1n) is 7.72. The predicted molar refractivity (Wildman–Crippen MR) is 90.8 cm³/mol. The van der Waals surface area contributed by atoms with Crippen LogP contribution in [-0.2, 0) is 17.6 Å². The molecule has 0 radical (unpaired) electrons. The van der Waals surface area contributed by atoms with Gasteiger partial charge < -0.3 is 5.73 Å². The Balaban J connectivity index is 2.05. The third kappa shape index (κ3) is 3.65. The summed E-state index contributed by atoms with van der Waals surface area (Å²) in [4.78, 5) is 19.9. The highest BCUT2D eigenvalue weighted by atomic mass is 16.1. The maximum atomic E-state index is 11.2. The average molecular weight is 321 g/mol. The van der Waals surface area contributed by atoms with Gasteiger partial charge in [-0.2, -0.15) is 5.10 Å². The van der Waals surface area contributed by atoms with E-state index in [-0.39, 0.29) is 6.42 Å². The number of hydrogen-bond donors (Lipinski definition) is 1. The summed E-state index contributed by atoms with van der Waals surface area (Å²) < 4.78 is 1.78. The number of aromatic nitrogens is 4. The Bertz CT molecular complexity index is 850. The van der Waals surface area contributed by atoms with Crippen molar-refractivity contribution >= 4 is 5.91 Å². The van der Waals surface area contributed by atoms with Crippen LogP contribution in [-0.4, -0.2) is 25.7 Å². The summed E-state index contributed by atoms with van der Waals surface area (Å²) in [5.41, 5.74) is 9.53. The van der Waals surface area contributed by atoms with Gasteiger partial charge in [0, 0.05) is 18.8 Å². The fourth-order valence-corrected chi connectivity index (χ4v) is 2.70. The molecule has 0 aliphatic carbocycles. The smallest absolute Gasteiger partial charge is 0.225 e. The van der Waals surface area contributed by atoms with Crippen LogP contribution in [0.5, 0.6) is 0 Å². The molecule has 0 saturated carbocycles. The van der Waals surface area contributed by atoms with Crippen LogP contribution in [0.1, 0.15) is 28.3 Å². The van der Waals surface area contributed by atoms with E-state index in [1.54, 1.807) is 17.1 Å². The van der Waals surface area contributed by atoms with E-state index in [2.05, 4.69) is 21.1 Å². The van der Waals surface area contributed by atoms with Gasteiger partial charge >= 0.3 is 0 Å². The molecule has 0 bridgehead atoms. The first-order valence-corrected chi connectivity index (χ1v) is 7.72. The molecule has 3 rings (SSSR count). The second-order valence-corrected chi connectivity index (χ2v) is 5.88. The van der Waals surface area contributed by atoms with Crippen LogP contribution in [0, 0.1) is 13.8 Å². The number of hydrogen-bond acceptors (Lipinski definition) is 4. The molecule has 0 aliphatic heterocycles. The molecule has 24 heavy (non-hydrogen) atoms. The Kier molecular flexibility index (Phi) is 4.37. The summed E-state index contributed by atoms with van der Waals surface area (Å²) >= 11 is 0. The second kappa shape index (κ2) is 6.62. The third-order valence-electron chi connectivity index (χ3n) is 3.59. The number of carbonyl (C=O) groups excluding carboxylic acids is 1. The summed E-state index contributed by atoms with van der Waals surface area (Å²) in [7, 11) is 0. The average Bonchev–Trinajstić information content (AvgIpc) is 2.89. The van der Waals surface area contributed by atoms with Crippen molar-refractivity contribution in [3.8, 4) is 5.69 Å². The molecule has 6 nitrogen and oxygen atoms in total. The monoisotopic (exact) mass is 321 g/mol. The molecule has 0 unspecified atom stereocenters. The molecule has 1 amide bonds. The molecule has 0 fully saturated rings. The number of pyridine rings is 1. The Labute approximate surface area is 140 Å². The molecule has 0 spiro atoms. The van der Waals surface area contributed by atoms with E-state index in [1.165, 1.54) is 0 Å². The van der Waals surface area contributed by atoms with Crippen molar-refractivity contribution in [1.29, 1.82) is 0 Å². The molecule has 1 aromatic carbocycles. The van der Waals surface area contributed by atoms with Crippen LogP contribution in [0.15, 0.2) is 42.7 Å². The molecule has 0 saturated heterocycles. The number of rotatable bonds is 5. The van der Waals surface area contributed by atoms with Crippen LogP contribution in [0.2, 0.25) is 0 Å². The van der Waals surface area contributed by atoms with Gasteiger partial charge in [0.15, 0.2) is 5.82 Å². The number of benzene rings is 1. The minimum absolute atomic E-state index is 0.0256. The molecule has 2 heterocycles. The predicted octanol–water partition coefficient (Wildman–Crippen LogP) is 1.90. The summed E-state index contributed by atoms with van der Waals surface area (Å²) in [6, 6.07) is 10.1. The largest absolute Gasteiger partial charge is 0.369 e. The standard InChI is InChI=1S/C18H19N5O/c1-12-6-13(2)8-15(7-12)23-18(9-14-4-3-5-20-11-14)21-17(22-23)10-16(19)24/h3-8,11H,9-10H2,1-2H3,(H2,19,24). The van der Waals surface area contributed by atoms with Crippen LogP contribution in [0.25, 0.3) is 5.69 Å². The summed E-state index contributed by atoms with van der Waals surface area (Å²) in [5.74, 6) is 0.741. The van der Waals surface area contributed by atoms with Crippen LogP contribution in [0.4, 0.5) is 0 Å². The lowest BCUT2D eigenvalue weighted by Gasteiger charge is -2.08. The van der Waals surface area contributed by atoms with E-state index in [9.17, 15) is 4.79 Å². The topological polar surface area (TPSA) is 86.7 Å². The molecule has 2 aromatic heterocycles. The first-order chi connectivity index (χ1) is 11.5. The van der Waals surface area contributed by atoms with E-state index in [4.69, 9.17) is 5.73 Å². The fraction of sp³-hybridized carbons (Fsp3) is 0.222. The Morgan fingerprint density at radius 2 is 1.96 bits per heavy atom. The number of aryl methyl sites for hydroxylation is 2. The van der Waals surface area contributed by atoms with Crippen molar-refractivity contribution in [3.05, 3.63) is 71.1 Å². The zero-order chi connectivity index (χ0) is 17.1. The van der Waals surface area contributed by atoms with E-state index >= 15 is 0 Å². The van der Waals surface area contributed by atoms with Crippen molar-refractivity contribution in [3.63, 3.8) is 0 Å². The van der Waals surface area contributed by atoms with E-state index < -0.39 is 5.91 Å². The number of nitrogens with zero attached hydrogens (tertiary/aromatic N) is 4. The zero-order valence-corrected chi connectivity index (χ0v) is 13.7. The molecule has 0 atom stereocenters. The molecule has 2 N–H and O–H groups in total. The third-order valence-corrected chi connectivity index (χ3v) is 3.59. The van der Waals surface area contributed by atoms with E-state index in [0.29, 0.717) is 12.2 Å². The van der Waals surface area contributed by atoms with Crippen molar-refractivity contribution in [2.45, 2.75) is 26.7 Å². The van der Waals surface area contributed by atoms with Crippen LogP contribution >= 0.6 is 0 Å². The van der Waals surface area contributed by atoms with Gasteiger partial charge in [-0.1, -0.05) is 12.1 Å². The van der Waals surface area contributed by atoms with Crippen LogP contribution < -0.4 is 5.73 Å². The molecular weight excluding hydrogens is 302 g/mol. The normalized spacial score (nSPS) is 10.8. The van der Waals surface area contributed by atoms with Gasteiger partial charge in [-0.05, 0) is 48.7 Å². The van der Waals surface area contributed by atoms with Gasteiger partial charge in [0.1, 0.15) is 5.82 Å². The first kappa shape index (κ1) is 15.9. The number of nitrogens with two attached hydrogens (primary N) is 1. The maximum Gasteiger partial charge on any atom is 0.225 e. The van der Waals surface area contributed by atoms with Crippen molar-refractivity contribution < 1.29 is 4.79 Å². The minimum Gasteiger partial charge on any atom is -0.369 e. The quantitative estimate of drug-likeness (QED) is 0.777. The van der Waals surface area contributed by atoms with Crippen molar-refractivity contribution in [2.24, 2.45) is 5.73 Å². The summed E-state index contributed by atoms with van der Waals surface area (Å²) in [6.07, 6.45) is 4.13. The van der Waals surface area contributed by atoms with Gasteiger partial charge in [0.25, 0.3) is 0 Å². The van der Waals surface area contributed by atoms with E-state index in [0.717, 1.165) is 28.2 Å². The maximum absolute atomic E-state index is 11.2. The molecule has 0 aliphatic rings. The summed E-state index contributed by atoms with van der Waals surface area (Å²) in [6.45, 7) is 4.08. The Morgan fingerprint density at radius 1 is 1.21 bits per heavy atom. The molecular formula is C18H19N5O. The lowest BCUT2D eigenvalue weighted by Crippen LogP contribution is -2.14. The number of primary amides is 1.